The molecule has 0 saturated heterocycles. The van der Waals surface area contributed by atoms with Crippen LogP contribution >= 0.6 is 11.6 Å². The van der Waals surface area contributed by atoms with Crippen LogP contribution in [0.4, 0.5) is 17.1 Å². The number of carbonyl (C=O) groups is 1. The summed E-state index contributed by atoms with van der Waals surface area (Å²) in [6.45, 7) is -0.704. The van der Waals surface area contributed by atoms with Crippen molar-refractivity contribution in [3.05, 3.63) is 83.9 Å². The van der Waals surface area contributed by atoms with Crippen LogP contribution in [-0.4, -0.2) is 64.8 Å². The van der Waals surface area contributed by atoms with Gasteiger partial charge in [0.05, 0.1) is 56.7 Å². The van der Waals surface area contributed by atoms with E-state index in [0.29, 0.717) is 11.5 Å². The molecular formula is C31H32ClN3O10S2. The fourth-order valence-corrected chi connectivity index (χ4v) is 7.07. The van der Waals surface area contributed by atoms with Gasteiger partial charge in [0, 0.05) is 22.8 Å². The summed E-state index contributed by atoms with van der Waals surface area (Å²) >= 11 is 6.22. The maximum absolute atomic E-state index is 14.0. The summed E-state index contributed by atoms with van der Waals surface area (Å²) in [5, 5.41) is 2.80. The molecule has 2 N–H and O–H groups in total. The highest BCUT2D eigenvalue weighted by Gasteiger charge is 2.31. The average Bonchev–Trinajstić information content (AvgIpc) is 3.06. The van der Waals surface area contributed by atoms with E-state index in [2.05, 4.69) is 10.0 Å². The van der Waals surface area contributed by atoms with Crippen molar-refractivity contribution in [1.82, 2.24) is 0 Å². The first-order valence-corrected chi connectivity index (χ1v) is 16.9. The SMILES string of the molecule is COc1ccc(OC)c(NS(=O)(=O)c2ccc(NC(=O)CN(c3cc(Cl)ccc3OC)S(=O)(=O)c3ccc(OC)c(OC)c3)cc2)c1. The topological polar surface area (TPSA) is 159 Å². The van der Waals surface area contributed by atoms with Crippen molar-refractivity contribution in [3.63, 3.8) is 0 Å². The van der Waals surface area contributed by atoms with E-state index in [0.717, 1.165) is 4.31 Å². The molecule has 0 fully saturated rings. The number of sulfonamides is 2. The van der Waals surface area contributed by atoms with Crippen molar-refractivity contribution < 1.29 is 45.3 Å². The number of nitrogens with one attached hydrogen (secondary N) is 2. The number of nitrogens with zero attached hydrogens (tertiary/aromatic N) is 1. The van der Waals surface area contributed by atoms with Gasteiger partial charge in [0.15, 0.2) is 11.5 Å². The molecule has 1 amide bonds. The van der Waals surface area contributed by atoms with Crippen LogP contribution in [0.3, 0.4) is 0 Å². The maximum atomic E-state index is 14.0. The normalized spacial score (nSPS) is 11.3. The van der Waals surface area contributed by atoms with E-state index in [-0.39, 0.29) is 49.1 Å². The van der Waals surface area contributed by atoms with Gasteiger partial charge in [-0.2, -0.15) is 0 Å². The Morgan fingerprint density at radius 3 is 1.89 bits per heavy atom. The summed E-state index contributed by atoms with van der Waals surface area (Å²) in [4.78, 5) is 13.0. The Kier molecular flexibility index (Phi) is 11.0. The van der Waals surface area contributed by atoms with Gasteiger partial charge in [-0.05, 0) is 66.7 Å². The Hall–Kier alpha value is -4.86. The summed E-state index contributed by atoms with van der Waals surface area (Å²) < 4.78 is 83.9. The Morgan fingerprint density at radius 1 is 0.681 bits per heavy atom. The van der Waals surface area contributed by atoms with Crippen LogP contribution in [0.1, 0.15) is 0 Å². The van der Waals surface area contributed by atoms with Gasteiger partial charge < -0.3 is 29.0 Å². The van der Waals surface area contributed by atoms with Gasteiger partial charge in [0.25, 0.3) is 20.0 Å². The number of methoxy groups -OCH3 is 5. The van der Waals surface area contributed by atoms with E-state index in [1.807, 2.05) is 0 Å². The van der Waals surface area contributed by atoms with Crippen LogP contribution in [-0.2, 0) is 24.8 Å². The molecule has 0 atom stereocenters. The molecule has 0 saturated carbocycles. The van der Waals surface area contributed by atoms with Gasteiger partial charge in [0.1, 0.15) is 23.8 Å². The lowest BCUT2D eigenvalue weighted by Gasteiger charge is -2.26. The molecule has 0 unspecified atom stereocenters. The summed E-state index contributed by atoms with van der Waals surface area (Å²) in [5.41, 5.74) is 0.372. The Balaban J connectivity index is 1.61. The first-order valence-electron chi connectivity index (χ1n) is 13.6. The molecule has 0 heterocycles. The highest BCUT2D eigenvalue weighted by molar-refractivity contribution is 7.93. The first-order chi connectivity index (χ1) is 22.4. The molecule has 250 valence electrons. The summed E-state index contributed by atoms with van der Waals surface area (Å²) in [6, 6.07) is 18.3. The van der Waals surface area contributed by atoms with Gasteiger partial charge in [0.2, 0.25) is 5.91 Å². The van der Waals surface area contributed by atoms with Crippen molar-refractivity contribution in [2.45, 2.75) is 9.79 Å². The minimum atomic E-state index is -4.42. The third kappa shape index (κ3) is 7.93. The Labute approximate surface area is 278 Å². The van der Waals surface area contributed by atoms with Crippen LogP contribution in [0, 0.1) is 0 Å². The molecule has 16 heteroatoms. The van der Waals surface area contributed by atoms with Crippen molar-refractivity contribution in [1.29, 1.82) is 0 Å². The maximum Gasteiger partial charge on any atom is 0.265 e. The molecule has 13 nitrogen and oxygen atoms in total. The van der Waals surface area contributed by atoms with E-state index in [1.54, 1.807) is 12.1 Å². The fourth-order valence-electron chi connectivity index (χ4n) is 4.41. The van der Waals surface area contributed by atoms with E-state index in [4.69, 9.17) is 35.3 Å². The quantitative estimate of drug-likeness (QED) is 0.183. The van der Waals surface area contributed by atoms with Gasteiger partial charge in [-0.25, -0.2) is 16.8 Å². The van der Waals surface area contributed by atoms with E-state index >= 15 is 0 Å². The monoisotopic (exact) mass is 705 g/mol. The lowest BCUT2D eigenvalue weighted by molar-refractivity contribution is -0.114. The molecule has 0 aliphatic heterocycles. The molecule has 0 bridgehead atoms. The van der Waals surface area contributed by atoms with E-state index in [1.165, 1.54) is 102 Å². The average molecular weight is 706 g/mol. The molecule has 0 spiro atoms. The van der Waals surface area contributed by atoms with Crippen LogP contribution in [0.2, 0.25) is 5.02 Å². The van der Waals surface area contributed by atoms with Gasteiger partial charge in [-0.1, -0.05) is 11.6 Å². The lowest BCUT2D eigenvalue weighted by Crippen LogP contribution is -2.38. The Morgan fingerprint density at radius 2 is 1.28 bits per heavy atom. The Bertz CT molecular complexity index is 1970. The van der Waals surface area contributed by atoms with Crippen LogP contribution < -0.4 is 38.0 Å². The number of rotatable bonds is 14. The van der Waals surface area contributed by atoms with Crippen molar-refractivity contribution in [2.75, 3.05) is 56.4 Å². The minimum Gasteiger partial charge on any atom is -0.497 e. The largest absolute Gasteiger partial charge is 0.497 e. The van der Waals surface area contributed by atoms with Crippen molar-refractivity contribution >= 4 is 54.6 Å². The fraction of sp³-hybridized carbons (Fsp3) is 0.194. The van der Waals surface area contributed by atoms with Gasteiger partial charge in [-0.3, -0.25) is 13.8 Å². The zero-order valence-corrected chi connectivity index (χ0v) is 28.3. The molecule has 0 aliphatic carbocycles. The molecule has 4 aromatic carbocycles. The number of carbonyl (C=O) groups excluding carboxylic acids is 1. The number of hydrogen-bond acceptors (Lipinski definition) is 10. The smallest absolute Gasteiger partial charge is 0.265 e. The predicted octanol–water partition coefficient (Wildman–Crippen LogP) is 5.02. The molecular weight excluding hydrogens is 674 g/mol. The third-order valence-corrected chi connectivity index (χ3v) is 10.1. The molecule has 4 rings (SSSR count). The standard InChI is InChI=1S/C31H32ClN3O10S2/c1-41-22-9-14-27(42-2)25(17-22)34-46(37,38)23-10-7-21(8-11-23)33-31(36)19-35(26-16-20(32)6-13-28(26)43-3)47(39,40)24-12-15-29(44-4)30(18-24)45-5/h6-18,34H,19H2,1-5H3,(H,33,36). The first kappa shape index (κ1) is 35.0. The van der Waals surface area contributed by atoms with Crippen LogP contribution in [0.25, 0.3) is 0 Å². The van der Waals surface area contributed by atoms with Gasteiger partial charge in [-0.15, -0.1) is 0 Å². The second-order valence-electron chi connectivity index (χ2n) is 9.59. The summed E-state index contributed by atoms with van der Waals surface area (Å²) in [6.07, 6.45) is 0. The lowest BCUT2D eigenvalue weighted by atomic mass is 10.3. The second-order valence-corrected chi connectivity index (χ2v) is 13.6. The molecule has 0 radical (unpaired) electrons. The summed E-state index contributed by atoms with van der Waals surface area (Å²) in [7, 11) is -1.52. The van der Waals surface area contributed by atoms with E-state index in [9.17, 15) is 21.6 Å². The zero-order chi connectivity index (χ0) is 34.4. The van der Waals surface area contributed by atoms with Crippen LogP contribution in [0.5, 0.6) is 28.7 Å². The molecule has 0 aliphatic rings. The minimum absolute atomic E-state index is 0.00502. The number of amides is 1. The number of anilines is 3. The number of benzene rings is 4. The van der Waals surface area contributed by atoms with Crippen molar-refractivity contribution in [3.8, 4) is 28.7 Å². The molecule has 47 heavy (non-hydrogen) atoms. The third-order valence-electron chi connectivity index (χ3n) is 6.74. The highest BCUT2D eigenvalue weighted by atomic mass is 35.5. The highest BCUT2D eigenvalue weighted by Crippen LogP contribution is 2.37. The summed E-state index contributed by atoms with van der Waals surface area (Å²) in [5.74, 6) is 0.554. The van der Waals surface area contributed by atoms with Gasteiger partial charge >= 0.3 is 0 Å². The number of hydrogen-bond donors (Lipinski definition) is 2. The number of halogens is 1. The van der Waals surface area contributed by atoms with Crippen LogP contribution in [0.15, 0.2) is 88.7 Å². The molecule has 4 aromatic rings. The predicted molar refractivity (Wildman–Crippen MR) is 178 cm³/mol. The zero-order valence-electron chi connectivity index (χ0n) is 25.9. The van der Waals surface area contributed by atoms with Crippen molar-refractivity contribution in [2.24, 2.45) is 0 Å². The number of ether oxygens (including phenoxy) is 5. The second kappa shape index (κ2) is 14.7. The molecule has 0 aromatic heterocycles. The van der Waals surface area contributed by atoms with E-state index < -0.39 is 32.5 Å².